The predicted molar refractivity (Wildman–Crippen MR) is 66.1 cm³/mol. The second kappa shape index (κ2) is 5.90. The molecular weight excluding hydrogens is 254 g/mol. The van der Waals surface area contributed by atoms with Gasteiger partial charge in [0.2, 0.25) is 0 Å². The summed E-state index contributed by atoms with van der Waals surface area (Å²) in [4.78, 5) is 38.9. The van der Waals surface area contributed by atoms with Crippen LogP contribution >= 0.6 is 0 Å². The van der Waals surface area contributed by atoms with Crippen molar-refractivity contribution in [2.75, 3.05) is 0 Å². The van der Waals surface area contributed by atoms with E-state index in [0.717, 1.165) is 6.92 Å². The van der Waals surface area contributed by atoms with Crippen molar-refractivity contribution in [2.45, 2.75) is 59.7 Å². The van der Waals surface area contributed by atoms with Gasteiger partial charge in [-0.25, -0.2) is 14.4 Å². The fourth-order valence-electron chi connectivity index (χ4n) is 0.884. The summed E-state index contributed by atoms with van der Waals surface area (Å²) in [5.74, 6) is -0.836. The van der Waals surface area contributed by atoms with Gasteiger partial charge in [0, 0.05) is 6.92 Å². The van der Waals surface area contributed by atoms with Crippen LogP contribution in [-0.4, -0.2) is 34.4 Å². The number of rotatable bonds is 0. The van der Waals surface area contributed by atoms with Crippen molar-refractivity contribution in [1.82, 2.24) is 5.06 Å². The zero-order valence-corrected chi connectivity index (χ0v) is 12.4. The smallest absolute Gasteiger partial charge is 0.441 e. The molecule has 0 spiro atoms. The van der Waals surface area contributed by atoms with Gasteiger partial charge in [0.15, 0.2) is 0 Å². The predicted octanol–water partition coefficient (Wildman–Crippen LogP) is 2.64. The topological polar surface area (TPSA) is 82.1 Å². The standard InChI is InChI=1S/C12H21NO6/c1-8(14)19-13(9(15)17-11(2,3)4)10(16)18-12(5,6)7/h1-7H3. The van der Waals surface area contributed by atoms with E-state index in [9.17, 15) is 14.4 Å². The minimum atomic E-state index is -1.11. The minimum Gasteiger partial charge on any atom is -0.441 e. The maximum Gasteiger partial charge on any atom is 0.454 e. The lowest BCUT2D eigenvalue weighted by Crippen LogP contribution is -2.44. The van der Waals surface area contributed by atoms with Crippen molar-refractivity contribution < 1.29 is 28.7 Å². The van der Waals surface area contributed by atoms with Crippen molar-refractivity contribution in [1.29, 1.82) is 0 Å². The van der Waals surface area contributed by atoms with Gasteiger partial charge in [-0.2, -0.15) is 0 Å². The van der Waals surface area contributed by atoms with E-state index in [2.05, 4.69) is 4.84 Å². The summed E-state index contributed by atoms with van der Waals surface area (Å²) >= 11 is 0. The molecule has 0 aromatic heterocycles. The Morgan fingerprint density at radius 2 is 1.11 bits per heavy atom. The third-order valence-electron chi connectivity index (χ3n) is 1.34. The molecule has 0 aromatic carbocycles. The normalized spacial score (nSPS) is 11.5. The number of imide groups is 1. The number of hydrogen-bond acceptors (Lipinski definition) is 6. The summed E-state index contributed by atoms with van der Waals surface area (Å²) in [5.41, 5.74) is -1.67. The molecule has 0 bridgehead atoms. The average molecular weight is 275 g/mol. The molecule has 0 fully saturated rings. The van der Waals surface area contributed by atoms with Crippen molar-refractivity contribution in [3.05, 3.63) is 0 Å². The van der Waals surface area contributed by atoms with Gasteiger partial charge < -0.3 is 14.3 Å². The van der Waals surface area contributed by atoms with Crippen LogP contribution in [0.1, 0.15) is 48.5 Å². The molecule has 0 saturated heterocycles. The van der Waals surface area contributed by atoms with E-state index in [1.54, 1.807) is 41.5 Å². The summed E-state index contributed by atoms with van der Waals surface area (Å²) in [6.45, 7) is 10.8. The third-order valence-corrected chi connectivity index (χ3v) is 1.34. The summed E-state index contributed by atoms with van der Waals surface area (Å²) in [6, 6.07) is 0. The number of amides is 2. The molecule has 0 rings (SSSR count). The molecule has 19 heavy (non-hydrogen) atoms. The molecule has 0 N–H and O–H groups in total. The van der Waals surface area contributed by atoms with E-state index in [-0.39, 0.29) is 5.06 Å². The molecule has 2 amide bonds. The van der Waals surface area contributed by atoms with Crippen molar-refractivity contribution >= 4 is 18.2 Å². The molecule has 110 valence electrons. The maximum atomic E-state index is 11.7. The van der Waals surface area contributed by atoms with Crippen molar-refractivity contribution in [3.63, 3.8) is 0 Å². The quantitative estimate of drug-likeness (QED) is 0.632. The van der Waals surface area contributed by atoms with Crippen LogP contribution in [0.5, 0.6) is 0 Å². The highest BCUT2D eigenvalue weighted by molar-refractivity contribution is 5.88. The Morgan fingerprint density at radius 1 is 0.789 bits per heavy atom. The highest BCUT2D eigenvalue weighted by Crippen LogP contribution is 2.14. The molecule has 0 aromatic rings. The molecule has 0 atom stereocenters. The van der Waals surface area contributed by atoms with E-state index in [1.165, 1.54) is 0 Å². The van der Waals surface area contributed by atoms with Gasteiger partial charge in [0.25, 0.3) is 0 Å². The summed E-state index contributed by atoms with van der Waals surface area (Å²) < 4.78 is 9.89. The molecule has 0 aliphatic rings. The Kier molecular flexibility index (Phi) is 5.34. The van der Waals surface area contributed by atoms with Crippen LogP contribution < -0.4 is 0 Å². The second-order valence-electron chi connectivity index (χ2n) is 5.84. The number of ether oxygens (including phenoxy) is 2. The molecule has 0 heterocycles. The Bertz CT molecular complexity index is 335. The molecular formula is C12H21NO6. The van der Waals surface area contributed by atoms with Gasteiger partial charge >= 0.3 is 18.2 Å². The summed E-state index contributed by atoms with van der Waals surface area (Å²) in [5, 5.41) is 0.166. The molecule has 0 saturated carbocycles. The van der Waals surface area contributed by atoms with Gasteiger partial charge in [0.05, 0.1) is 0 Å². The Balaban J connectivity index is 4.95. The first kappa shape index (κ1) is 17.2. The molecule has 0 aliphatic heterocycles. The Hall–Kier alpha value is -1.79. The van der Waals surface area contributed by atoms with Crippen molar-refractivity contribution in [2.24, 2.45) is 0 Å². The molecule has 7 nitrogen and oxygen atoms in total. The first-order valence-corrected chi connectivity index (χ1v) is 5.76. The molecule has 0 aliphatic carbocycles. The fourth-order valence-corrected chi connectivity index (χ4v) is 0.884. The summed E-state index contributed by atoms with van der Waals surface area (Å²) in [6.07, 6.45) is -2.23. The zero-order valence-electron chi connectivity index (χ0n) is 12.4. The van der Waals surface area contributed by atoms with Gasteiger partial charge in [-0.1, -0.05) is 0 Å². The fraction of sp³-hybridized carbons (Fsp3) is 0.750. The minimum absolute atomic E-state index is 0.166. The SMILES string of the molecule is CC(=O)ON(C(=O)OC(C)(C)C)C(=O)OC(C)(C)C. The monoisotopic (exact) mass is 275 g/mol. The van der Waals surface area contributed by atoms with Gasteiger partial charge in [-0.05, 0) is 46.6 Å². The number of carbonyl (C=O) groups is 3. The van der Waals surface area contributed by atoms with Crippen LogP contribution in [-0.2, 0) is 19.1 Å². The van der Waals surface area contributed by atoms with Crippen LogP contribution in [0.25, 0.3) is 0 Å². The number of hydroxylamine groups is 2. The van der Waals surface area contributed by atoms with Gasteiger partial charge in [-0.3, -0.25) is 0 Å². The lowest BCUT2D eigenvalue weighted by molar-refractivity contribution is -0.177. The Morgan fingerprint density at radius 3 is 1.32 bits per heavy atom. The lowest BCUT2D eigenvalue weighted by Gasteiger charge is -2.26. The van der Waals surface area contributed by atoms with Gasteiger partial charge in [-0.15, -0.1) is 0 Å². The maximum absolute atomic E-state index is 11.7. The van der Waals surface area contributed by atoms with Crippen LogP contribution in [0.15, 0.2) is 0 Å². The number of hydrogen-bond donors (Lipinski definition) is 0. The van der Waals surface area contributed by atoms with E-state index in [0.29, 0.717) is 0 Å². The second-order valence-corrected chi connectivity index (χ2v) is 5.84. The highest BCUT2D eigenvalue weighted by atomic mass is 16.8. The average Bonchev–Trinajstić information content (AvgIpc) is 2.07. The Labute approximate surface area is 112 Å². The number of carbonyl (C=O) groups excluding carboxylic acids is 3. The molecule has 0 radical (unpaired) electrons. The van der Waals surface area contributed by atoms with E-state index in [1.807, 2.05) is 0 Å². The number of nitrogens with zero attached hydrogens (tertiary/aromatic N) is 1. The largest absolute Gasteiger partial charge is 0.454 e. The third kappa shape index (κ3) is 8.01. The molecule has 7 heteroatoms. The van der Waals surface area contributed by atoms with E-state index >= 15 is 0 Å². The highest BCUT2D eigenvalue weighted by Gasteiger charge is 2.34. The molecule has 0 unspecified atom stereocenters. The first-order valence-electron chi connectivity index (χ1n) is 5.76. The van der Waals surface area contributed by atoms with Crippen molar-refractivity contribution in [3.8, 4) is 0 Å². The van der Waals surface area contributed by atoms with Gasteiger partial charge in [0.1, 0.15) is 11.2 Å². The lowest BCUT2D eigenvalue weighted by atomic mass is 10.2. The van der Waals surface area contributed by atoms with Crippen LogP contribution in [0.2, 0.25) is 0 Å². The van der Waals surface area contributed by atoms with Crippen LogP contribution in [0.4, 0.5) is 9.59 Å². The zero-order chi connectivity index (χ0) is 15.4. The van der Waals surface area contributed by atoms with Crippen LogP contribution in [0.3, 0.4) is 0 Å². The first-order chi connectivity index (χ1) is 8.32. The van der Waals surface area contributed by atoms with E-state index < -0.39 is 29.4 Å². The van der Waals surface area contributed by atoms with E-state index in [4.69, 9.17) is 9.47 Å². The summed E-state index contributed by atoms with van der Waals surface area (Å²) in [7, 11) is 0. The van der Waals surface area contributed by atoms with Crippen LogP contribution in [0, 0.1) is 0 Å².